The number of aromatic nitrogens is 4. The average Bonchev–Trinajstić information content (AvgIpc) is 2.97. The van der Waals surface area contributed by atoms with Crippen LogP contribution in [0.4, 0.5) is 0 Å². The van der Waals surface area contributed by atoms with E-state index in [1.807, 2.05) is 54.3 Å². The smallest absolute Gasteiger partial charge is 0.131 e. The molecule has 0 fully saturated rings. The molecular weight excluding hydrogens is 288 g/mol. The van der Waals surface area contributed by atoms with E-state index in [1.54, 1.807) is 7.11 Å². The molecule has 0 spiro atoms. The third-order valence-electron chi connectivity index (χ3n) is 3.70. The molecule has 5 nitrogen and oxygen atoms in total. The molecule has 118 valence electrons. The molecule has 2 heterocycles. The molecule has 0 atom stereocenters. The van der Waals surface area contributed by atoms with Crippen LogP contribution in [0.2, 0.25) is 0 Å². The van der Waals surface area contributed by atoms with E-state index in [9.17, 15) is 0 Å². The molecule has 3 rings (SSSR count). The first-order valence-corrected chi connectivity index (χ1v) is 7.62. The molecule has 0 saturated heterocycles. The monoisotopic (exact) mass is 308 g/mol. The standard InChI is InChI=1S/C18H20N4O/c1-12(2)18-19-10-9-17(20-18)16-11-22(21-13(16)3)14-5-7-15(23-4)8-6-14/h5-12H,1-4H3. The largest absolute Gasteiger partial charge is 0.497 e. The molecule has 0 unspecified atom stereocenters. The van der Waals surface area contributed by atoms with Crippen LogP contribution in [0.3, 0.4) is 0 Å². The summed E-state index contributed by atoms with van der Waals surface area (Å²) in [5.41, 5.74) is 3.85. The van der Waals surface area contributed by atoms with E-state index in [-0.39, 0.29) is 0 Å². The topological polar surface area (TPSA) is 52.8 Å². The second-order valence-corrected chi connectivity index (χ2v) is 5.73. The Kier molecular flexibility index (Phi) is 4.10. The zero-order valence-corrected chi connectivity index (χ0v) is 13.8. The maximum atomic E-state index is 5.19. The van der Waals surface area contributed by atoms with Gasteiger partial charge in [-0.1, -0.05) is 13.8 Å². The van der Waals surface area contributed by atoms with Crippen molar-refractivity contribution in [3.63, 3.8) is 0 Å². The van der Waals surface area contributed by atoms with Gasteiger partial charge in [-0.2, -0.15) is 5.10 Å². The SMILES string of the molecule is COc1ccc(-n2cc(-c3ccnc(C(C)C)n3)c(C)n2)cc1. The first-order chi connectivity index (χ1) is 11.1. The third-order valence-corrected chi connectivity index (χ3v) is 3.70. The molecule has 0 radical (unpaired) electrons. The molecule has 2 aromatic heterocycles. The Morgan fingerprint density at radius 1 is 1.09 bits per heavy atom. The van der Waals surface area contributed by atoms with Gasteiger partial charge in [0.15, 0.2) is 0 Å². The Hall–Kier alpha value is -2.69. The van der Waals surface area contributed by atoms with E-state index < -0.39 is 0 Å². The van der Waals surface area contributed by atoms with Crippen LogP contribution >= 0.6 is 0 Å². The van der Waals surface area contributed by atoms with Gasteiger partial charge in [-0.3, -0.25) is 0 Å². The minimum atomic E-state index is 0.298. The lowest BCUT2D eigenvalue weighted by Gasteiger charge is -2.05. The Morgan fingerprint density at radius 2 is 1.83 bits per heavy atom. The van der Waals surface area contributed by atoms with Gasteiger partial charge in [-0.25, -0.2) is 14.6 Å². The number of benzene rings is 1. The summed E-state index contributed by atoms with van der Waals surface area (Å²) in [5.74, 6) is 1.97. The summed E-state index contributed by atoms with van der Waals surface area (Å²) in [6, 6.07) is 9.73. The number of rotatable bonds is 4. The number of hydrogen-bond acceptors (Lipinski definition) is 4. The molecule has 5 heteroatoms. The fourth-order valence-corrected chi connectivity index (χ4v) is 2.38. The number of methoxy groups -OCH3 is 1. The predicted octanol–water partition coefficient (Wildman–Crippen LogP) is 3.77. The summed E-state index contributed by atoms with van der Waals surface area (Å²) in [4.78, 5) is 8.98. The molecule has 0 amide bonds. The molecule has 0 bridgehead atoms. The van der Waals surface area contributed by atoms with E-state index in [1.165, 1.54) is 0 Å². The highest BCUT2D eigenvalue weighted by molar-refractivity contribution is 5.61. The first-order valence-electron chi connectivity index (χ1n) is 7.62. The quantitative estimate of drug-likeness (QED) is 0.736. The fourth-order valence-electron chi connectivity index (χ4n) is 2.38. The zero-order chi connectivity index (χ0) is 16.4. The van der Waals surface area contributed by atoms with Crippen LogP contribution in [0.15, 0.2) is 42.7 Å². The maximum absolute atomic E-state index is 5.19. The Balaban J connectivity index is 1.99. The van der Waals surface area contributed by atoms with Gasteiger partial charge in [0.25, 0.3) is 0 Å². The third kappa shape index (κ3) is 3.08. The van der Waals surface area contributed by atoms with Crippen molar-refractivity contribution in [1.29, 1.82) is 0 Å². The fraction of sp³-hybridized carbons (Fsp3) is 0.278. The van der Waals surface area contributed by atoms with Gasteiger partial charge in [0.05, 0.1) is 24.2 Å². The summed E-state index contributed by atoms with van der Waals surface area (Å²) < 4.78 is 7.05. The van der Waals surface area contributed by atoms with Crippen LogP contribution in [0.1, 0.15) is 31.3 Å². The molecule has 23 heavy (non-hydrogen) atoms. The Bertz CT molecular complexity index is 806. The molecule has 1 aromatic carbocycles. The van der Waals surface area contributed by atoms with Gasteiger partial charge in [0, 0.05) is 23.9 Å². The lowest BCUT2D eigenvalue weighted by atomic mass is 10.1. The van der Waals surface area contributed by atoms with Gasteiger partial charge in [0.2, 0.25) is 0 Å². The second kappa shape index (κ2) is 6.20. The van der Waals surface area contributed by atoms with Crippen molar-refractivity contribution in [2.45, 2.75) is 26.7 Å². The van der Waals surface area contributed by atoms with Crippen LogP contribution in [-0.4, -0.2) is 26.9 Å². The predicted molar refractivity (Wildman–Crippen MR) is 90.0 cm³/mol. The van der Waals surface area contributed by atoms with E-state index in [4.69, 9.17) is 4.74 Å². The molecule has 0 N–H and O–H groups in total. The number of ether oxygens (including phenoxy) is 1. The highest BCUT2D eigenvalue weighted by atomic mass is 16.5. The van der Waals surface area contributed by atoms with E-state index >= 15 is 0 Å². The van der Waals surface area contributed by atoms with Crippen molar-refractivity contribution in [1.82, 2.24) is 19.7 Å². The first kappa shape index (κ1) is 15.2. The number of aryl methyl sites for hydroxylation is 1. The van der Waals surface area contributed by atoms with Crippen molar-refractivity contribution in [3.8, 4) is 22.7 Å². The van der Waals surface area contributed by atoms with E-state index in [0.29, 0.717) is 5.92 Å². The molecule has 0 aliphatic heterocycles. The minimum absolute atomic E-state index is 0.298. The van der Waals surface area contributed by atoms with Crippen LogP contribution in [0, 0.1) is 6.92 Å². The van der Waals surface area contributed by atoms with Crippen molar-refractivity contribution < 1.29 is 4.74 Å². The van der Waals surface area contributed by atoms with E-state index in [2.05, 4.69) is 28.9 Å². The Labute approximate surface area is 136 Å². The van der Waals surface area contributed by atoms with E-state index in [0.717, 1.165) is 34.2 Å². The van der Waals surface area contributed by atoms with Crippen molar-refractivity contribution in [2.75, 3.05) is 7.11 Å². The summed E-state index contributed by atoms with van der Waals surface area (Å²) in [6.45, 7) is 6.17. The van der Waals surface area contributed by atoms with Crippen LogP contribution in [0.5, 0.6) is 5.75 Å². The van der Waals surface area contributed by atoms with Crippen molar-refractivity contribution in [2.24, 2.45) is 0 Å². The molecular formula is C18H20N4O. The van der Waals surface area contributed by atoms with Crippen LogP contribution < -0.4 is 4.74 Å². The second-order valence-electron chi connectivity index (χ2n) is 5.73. The maximum Gasteiger partial charge on any atom is 0.131 e. The van der Waals surface area contributed by atoms with Gasteiger partial charge in [0.1, 0.15) is 11.6 Å². The summed E-state index contributed by atoms with van der Waals surface area (Å²) >= 11 is 0. The zero-order valence-electron chi connectivity index (χ0n) is 13.8. The van der Waals surface area contributed by atoms with Crippen LogP contribution in [-0.2, 0) is 0 Å². The van der Waals surface area contributed by atoms with Gasteiger partial charge >= 0.3 is 0 Å². The van der Waals surface area contributed by atoms with Crippen LogP contribution in [0.25, 0.3) is 16.9 Å². The number of nitrogens with zero attached hydrogens (tertiary/aromatic N) is 4. The summed E-state index contributed by atoms with van der Waals surface area (Å²) in [6.07, 6.45) is 3.81. The van der Waals surface area contributed by atoms with Gasteiger partial charge < -0.3 is 4.74 Å². The summed E-state index contributed by atoms with van der Waals surface area (Å²) in [5, 5.41) is 4.60. The highest BCUT2D eigenvalue weighted by Crippen LogP contribution is 2.24. The molecule has 0 saturated carbocycles. The average molecular weight is 308 g/mol. The number of hydrogen-bond donors (Lipinski definition) is 0. The normalized spacial score (nSPS) is 11.0. The molecule has 0 aliphatic carbocycles. The molecule has 0 aliphatic rings. The lowest BCUT2D eigenvalue weighted by molar-refractivity contribution is 0.414. The minimum Gasteiger partial charge on any atom is -0.497 e. The summed E-state index contributed by atoms with van der Waals surface area (Å²) in [7, 11) is 1.66. The van der Waals surface area contributed by atoms with Gasteiger partial charge in [-0.15, -0.1) is 0 Å². The Morgan fingerprint density at radius 3 is 2.48 bits per heavy atom. The van der Waals surface area contributed by atoms with Gasteiger partial charge in [-0.05, 0) is 37.3 Å². The lowest BCUT2D eigenvalue weighted by Crippen LogP contribution is -1.98. The molecule has 3 aromatic rings. The van der Waals surface area contributed by atoms with Crippen molar-refractivity contribution >= 4 is 0 Å². The highest BCUT2D eigenvalue weighted by Gasteiger charge is 2.12. The van der Waals surface area contributed by atoms with Crippen molar-refractivity contribution in [3.05, 3.63) is 54.2 Å².